The van der Waals surface area contributed by atoms with Gasteiger partial charge in [-0.05, 0) is 39.9 Å². The summed E-state index contributed by atoms with van der Waals surface area (Å²) < 4.78 is 1.73. The fraction of sp³-hybridized carbons (Fsp3) is 0.588. The minimum Gasteiger partial charge on any atom is -0.350 e. The van der Waals surface area contributed by atoms with Crippen LogP contribution in [0.25, 0.3) is 11.0 Å². The van der Waals surface area contributed by atoms with Crippen LogP contribution in [-0.2, 0) is 7.05 Å². The van der Waals surface area contributed by atoms with Gasteiger partial charge >= 0.3 is 0 Å². The number of amides is 1. The van der Waals surface area contributed by atoms with Gasteiger partial charge in [0.05, 0.1) is 16.6 Å². The van der Waals surface area contributed by atoms with E-state index in [1.54, 1.807) is 4.68 Å². The number of carbonyl (C=O) groups excluding carboxylic acids is 1. The number of likely N-dealkylation sites (N-methyl/N-ethyl adjacent to an activating group) is 1. The molecule has 0 aliphatic heterocycles. The molecule has 0 saturated carbocycles. The molecule has 1 atom stereocenters. The van der Waals surface area contributed by atoms with Gasteiger partial charge in [0, 0.05) is 25.3 Å². The van der Waals surface area contributed by atoms with Crippen LogP contribution in [0.2, 0.25) is 0 Å². The monoisotopic (exact) mass is 317 g/mol. The van der Waals surface area contributed by atoms with E-state index in [4.69, 9.17) is 0 Å². The molecule has 0 bridgehead atoms. The fourth-order valence-corrected chi connectivity index (χ4v) is 3.06. The number of carbonyl (C=O) groups is 1. The van der Waals surface area contributed by atoms with Crippen LogP contribution in [0, 0.1) is 13.8 Å². The molecular formula is C17H27N5O. The lowest BCUT2D eigenvalue weighted by atomic mass is 10.1. The number of fused-ring (bicyclic) bond motifs is 1. The summed E-state index contributed by atoms with van der Waals surface area (Å²) in [5, 5.41) is 8.29. The van der Waals surface area contributed by atoms with Gasteiger partial charge in [0.15, 0.2) is 5.65 Å². The Balaban J connectivity index is 2.25. The highest BCUT2D eigenvalue weighted by Gasteiger charge is 2.18. The van der Waals surface area contributed by atoms with Crippen LogP contribution >= 0.6 is 0 Å². The molecule has 2 rings (SSSR count). The summed E-state index contributed by atoms with van der Waals surface area (Å²) in [4.78, 5) is 19.5. The molecule has 0 radical (unpaired) electrons. The third-order valence-electron chi connectivity index (χ3n) is 4.34. The molecule has 0 aliphatic rings. The SMILES string of the molecule is CCN(CC)[C@@H](C)CNC(=O)c1cc(C)nc2c1c(C)nn2C. The molecule has 0 saturated heterocycles. The van der Waals surface area contributed by atoms with Crippen LogP contribution in [0.4, 0.5) is 0 Å². The molecular weight excluding hydrogens is 290 g/mol. The van der Waals surface area contributed by atoms with Gasteiger partial charge < -0.3 is 5.32 Å². The number of aromatic nitrogens is 3. The van der Waals surface area contributed by atoms with Crippen LogP contribution in [0.3, 0.4) is 0 Å². The highest BCUT2D eigenvalue weighted by molar-refractivity contribution is 6.06. The number of hydrogen-bond donors (Lipinski definition) is 1. The van der Waals surface area contributed by atoms with Crippen molar-refractivity contribution in [3.05, 3.63) is 23.0 Å². The van der Waals surface area contributed by atoms with Crippen molar-refractivity contribution >= 4 is 16.9 Å². The van der Waals surface area contributed by atoms with Crippen molar-refractivity contribution in [2.24, 2.45) is 7.05 Å². The first-order valence-electron chi connectivity index (χ1n) is 8.22. The highest BCUT2D eigenvalue weighted by atomic mass is 16.1. The largest absolute Gasteiger partial charge is 0.350 e. The molecule has 2 aromatic rings. The summed E-state index contributed by atoms with van der Waals surface area (Å²) >= 11 is 0. The number of nitrogens with one attached hydrogen (secondary N) is 1. The number of aryl methyl sites for hydroxylation is 3. The summed E-state index contributed by atoms with van der Waals surface area (Å²) in [5.74, 6) is -0.0596. The third kappa shape index (κ3) is 3.52. The van der Waals surface area contributed by atoms with E-state index in [2.05, 4.69) is 41.1 Å². The Morgan fingerprint density at radius 2 is 2.00 bits per heavy atom. The lowest BCUT2D eigenvalue weighted by Gasteiger charge is -2.26. The summed E-state index contributed by atoms with van der Waals surface area (Å²) in [6, 6.07) is 2.15. The predicted octanol–water partition coefficient (Wildman–Crippen LogP) is 2.05. The summed E-state index contributed by atoms with van der Waals surface area (Å²) in [5.41, 5.74) is 3.06. The first kappa shape index (κ1) is 17.4. The number of nitrogens with zero attached hydrogens (tertiary/aromatic N) is 4. The summed E-state index contributed by atoms with van der Waals surface area (Å²) in [6.45, 7) is 12.8. The standard InChI is InChI=1S/C17H27N5O/c1-7-22(8-2)12(4)10-18-17(23)14-9-11(3)19-16-15(14)13(5)20-21(16)6/h9,12H,7-8,10H2,1-6H3,(H,18,23)/t12-/m0/s1. The van der Waals surface area contributed by atoms with Crippen molar-refractivity contribution < 1.29 is 4.79 Å². The molecule has 0 unspecified atom stereocenters. The lowest BCUT2D eigenvalue weighted by molar-refractivity contribution is 0.0939. The van der Waals surface area contributed by atoms with Crippen molar-refractivity contribution in [2.75, 3.05) is 19.6 Å². The third-order valence-corrected chi connectivity index (χ3v) is 4.34. The van der Waals surface area contributed by atoms with Gasteiger partial charge in [-0.15, -0.1) is 0 Å². The molecule has 0 aliphatic carbocycles. The average Bonchev–Trinajstić information content (AvgIpc) is 2.79. The first-order valence-corrected chi connectivity index (χ1v) is 8.22. The zero-order valence-electron chi connectivity index (χ0n) is 15.0. The van der Waals surface area contributed by atoms with Crippen molar-refractivity contribution in [3.8, 4) is 0 Å². The van der Waals surface area contributed by atoms with E-state index in [9.17, 15) is 4.79 Å². The predicted molar refractivity (Wildman–Crippen MR) is 92.7 cm³/mol. The maximum atomic E-state index is 12.7. The molecule has 6 heteroatoms. The smallest absolute Gasteiger partial charge is 0.252 e. The molecule has 6 nitrogen and oxygen atoms in total. The molecule has 0 spiro atoms. The number of rotatable bonds is 6. The molecule has 1 amide bonds. The zero-order chi connectivity index (χ0) is 17.1. The van der Waals surface area contributed by atoms with Crippen LogP contribution in [0.5, 0.6) is 0 Å². The second kappa shape index (κ2) is 7.08. The molecule has 126 valence electrons. The maximum Gasteiger partial charge on any atom is 0.252 e. The normalized spacial score (nSPS) is 12.8. The molecule has 1 N–H and O–H groups in total. The van der Waals surface area contributed by atoms with E-state index in [1.165, 1.54) is 0 Å². The Bertz CT molecular complexity index is 703. The Hall–Kier alpha value is -1.95. The van der Waals surface area contributed by atoms with Crippen molar-refractivity contribution in [1.29, 1.82) is 0 Å². The van der Waals surface area contributed by atoms with Gasteiger partial charge in [-0.3, -0.25) is 14.4 Å². The Morgan fingerprint density at radius 3 is 2.61 bits per heavy atom. The van der Waals surface area contributed by atoms with Gasteiger partial charge in [0.25, 0.3) is 5.91 Å². The van der Waals surface area contributed by atoms with Gasteiger partial charge in [-0.25, -0.2) is 4.98 Å². The van der Waals surface area contributed by atoms with Crippen molar-refractivity contribution in [2.45, 2.75) is 40.7 Å². The lowest BCUT2D eigenvalue weighted by Crippen LogP contribution is -2.42. The van der Waals surface area contributed by atoms with Crippen LogP contribution in [0.1, 0.15) is 42.5 Å². The number of pyridine rings is 1. The van der Waals surface area contributed by atoms with Gasteiger partial charge in [0.2, 0.25) is 0 Å². The molecule has 0 aromatic carbocycles. The highest BCUT2D eigenvalue weighted by Crippen LogP contribution is 2.21. The van der Waals surface area contributed by atoms with E-state index >= 15 is 0 Å². The molecule has 2 heterocycles. The van der Waals surface area contributed by atoms with E-state index in [1.807, 2.05) is 27.0 Å². The Labute approximate surface area is 137 Å². The van der Waals surface area contributed by atoms with E-state index < -0.39 is 0 Å². The fourth-order valence-electron chi connectivity index (χ4n) is 3.06. The van der Waals surface area contributed by atoms with Crippen LogP contribution < -0.4 is 5.32 Å². The van der Waals surface area contributed by atoms with Gasteiger partial charge in [0.1, 0.15) is 0 Å². The zero-order valence-corrected chi connectivity index (χ0v) is 15.0. The van der Waals surface area contributed by atoms with Gasteiger partial charge in [-0.2, -0.15) is 5.10 Å². The van der Waals surface area contributed by atoms with Crippen LogP contribution in [0.15, 0.2) is 6.07 Å². The Kier molecular flexibility index (Phi) is 5.36. The Morgan fingerprint density at radius 1 is 1.35 bits per heavy atom. The van der Waals surface area contributed by atoms with E-state index in [0.717, 1.165) is 35.5 Å². The van der Waals surface area contributed by atoms with Gasteiger partial charge in [-0.1, -0.05) is 13.8 Å². The maximum absolute atomic E-state index is 12.7. The molecule has 23 heavy (non-hydrogen) atoms. The van der Waals surface area contributed by atoms with E-state index in [0.29, 0.717) is 18.2 Å². The minimum atomic E-state index is -0.0596. The molecule has 2 aromatic heterocycles. The van der Waals surface area contributed by atoms with E-state index in [-0.39, 0.29) is 5.91 Å². The topological polar surface area (TPSA) is 63.1 Å². The second-order valence-corrected chi connectivity index (χ2v) is 6.00. The second-order valence-electron chi connectivity index (χ2n) is 6.00. The first-order chi connectivity index (χ1) is 10.9. The van der Waals surface area contributed by atoms with Crippen LogP contribution in [-0.4, -0.2) is 51.2 Å². The quantitative estimate of drug-likeness (QED) is 0.885. The van der Waals surface area contributed by atoms with Crippen molar-refractivity contribution in [1.82, 2.24) is 25.0 Å². The average molecular weight is 317 g/mol. The number of hydrogen-bond acceptors (Lipinski definition) is 4. The summed E-state index contributed by atoms with van der Waals surface area (Å²) in [6.07, 6.45) is 0. The minimum absolute atomic E-state index is 0.0596. The molecule has 0 fully saturated rings. The van der Waals surface area contributed by atoms with Crippen molar-refractivity contribution in [3.63, 3.8) is 0 Å². The summed E-state index contributed by atoms with van der Waals surface area (Å²) in [7, 11) is 1.85.